The zero-order chi connectivity index (χ0) is 18.4. The van der Waals surface area contributed by atoms with Crippen molar-refractivity contribution in [1.29, 1.82) is 0 Å². The molecule has 0 amide bonds. The van der Waals surface area contributed by atoms with Gasteiger partial charge in [0.05, 0.1) is 12.0 Å². The van der Waals surface area contributed by atoms with Crippen LogP contribution < -0.4 is 4.72 Å². The van der Waals surface area contributed by atoms with E-state index in [2.05, 4.69) is 4.72 Å². The molecule has 1 aromatic rings. The molecular weight excluding hydrogens is 342 g/mol. The van der Waals surface area contributed by atoms with E-state index in [1.807, 2.05) is 0 Å². The van der Waals surface area contributed by atoms with E-state index in [-0.39, 0.29) is 10.7 Å². The van der Waals surface area contributed by atoms with Crippen molar-refractivity contribution in [3.8, 4) is 0 Å². The number of carbonyl (C=O) groups excluding carboxylic acids is 2. The lowest BCUT2D eigenvalue weighted by Gasteiger charge is -2.25. The summed E-state index contributed by atoms with van der Waals surface area (Å²) in [4.78, 5) is 23.4. The molecule has 0 heterocycles. The summed E-state index contributed by atoms with van der Waals surface area (Å²) < 4.78 is 32.4. The lowest BCUT2D eigenvalue weighted by Crippen LogP contribution is -2.42. The number of hydrogen-bond donors (Lipinski definition) is 1. The number of hydrogen-bond acceptors (Lipinski definition) is 5. The third-order valence-corrected chi connectivity index (χ3v) is 6.14. The number of rotatable bonds is 7. The van der Waals surface area contributed by atoms with E-state index in [1.165, 1.54) is 44.7 Å². The first-order valence-corrected chi connectivity index (χ1v) is 10.0. The number of ketones is 1. The van der Waals surface area contributed by atoms with Crippen molar-refractivity contribution in [3.05, 3.63) is 29.8 Å². The van der Waals surface area contributed by atoms with Crippen LogP contribution in [0.3, 0.4) is 0 Å². The molecule has 7 heteroatoms. The molecule has 1 fully saturated rings. The molecule has 1 saturated carbocycles. The highest BCUT2D eigenvalue weighted by Crippen LogP contribution is 2.28. The molecule has 0 spiro atoms. The highest BCUT2D eigenvalue weighted by Gasteiger charge is 2.29. The van der Waals surface area contributed by atoms with Crippen LogP contribution in [0.15, 0.2) is 29.2 Å². The van der Waals surface area contributed by atoms with E-state index in [9.17, 15) is 18.0 Å². The lowest BCUT2D eigenvalue weighted by molar-refractivity contribution is -0.143. The topological polar surface area (TPSA) is 89.5 Å². The SMILES string of the molecule is COC(=O)C(CC1CCCCC1)NS(=O)(=O)c1ccc(C(C)=O)cc1. The van der Waals surface area contributed by atoms with Gasteiger partial charge in [-0.25, -0.2) is 8.42 Å². The summed E-state index contributed by atoms with van der Waals surface area (Å²) in [5.41, 5.74) is 0.436. The highest BCUT2D eigenvalue weighted by atomic mass is 32.2. The van der Waals surface area contributed by atoms with Crippen LogP contribution >= 0.6 is 0 Å². The van der Waals surface area contributed by atoms with E-state index in [4.69, 9.17) is 4.74 Å². The molecule has 0 bridgehead atoms. The maximum absolute atomic E-state index is 12.6. The number of benzene rings is 1. The van der Waals surface area contributed by atoms with Crippen LogP contribution in [-0.4, -0.2) is 33.3 Å². The van der Waals surface area contributed by atoms with Gasteiger partial charge < -0.3 is 4.74 Å². The molecular formula is C18H25NO5S. The van der Waals surface area contributed by atoms with Gasteiger partial charge >= 0.3 is 5.97 Å². The first-order chi connectivity index (χ1) is 11.8. The monoisotopic (exact) mass is 367 g/mol. The summed E-state index contributed by atoms with van der Waals surface area (Å²) in [6, 6.07) is 4.77. The van der Waals surface area contributed by atoms with Crippen LogP contribution in [0.2, 0.25) is 0 Å². The quantitative estimate of drug-likeness (QED) is 0.591. The van der Waals surface area contributed by atoms with Crippen LogP contribution in [0.1, 0.15) is 55.8 Å². The van der Waals surface area contributed by atoms with Gasteiger partial charge in [0, 0.05) is 5.56 Å². The predicted octanol–water partition coefficient (Wildman–Crippen LogP) is 2.68. The molecule has 1 aromatic carbocycles. The standard InChI is InChI=1S/C18H25NO5S/c1-13(20)15-8-10-16(11-9-15)25(22,23)19-17(18(21)24-2)12-14-6-4-3-5-7-14/h8-11,14,17,19H,3-7,12H2,1-2H3. The molecule has 2 rings (SSSR count). The Balaban J connectivity index is 2.14. The summed E-state index contributed by atoms with van der Waals surface area (Å²) in [5, 5.41) is 0. The Kier molecular flexibility index (Phi) is 6.72. The van der Waals surface area contributed by atoms with Gasteiger partial charge in [0.2, 0.25) is 10.0 Å². The fraction of sp³-hybridized carbons (Fsp3) is 0.556. The summed E-state index contributed by atoms with van der Waals surface area (Å²) >= 11 is 0. The summed E-state index contributed by atoms with van der Waals surface area (Å²) in [6.45, 7) is 1.42. The average Bonchev–Trinajstić information content (AvgIpc) is 2.61. The number of ether oxygens (including phenoxy) is 1. The molecule has 1 atom stereocenters. The Morgan fingerprint density at radius 2 is 1.76 bits per heavy atom. The second-order valence-electron chi connectivity index (χ2n) is 6.52. The molecule has 138 valence electrons. The molecule has 1 aliphatic carbocycles. The van der Waals surface area contributed by atoms with Crippen LogP contribution in [-0.2, 0) is 19.6 Å². The Hall–Kier alpha value is -1.73. The van der Waals surface area contributed by atoms with Crippen molar-refractivity contribution in [2.45, 2.75) is 56.4 Å². The van der Waals surface area contributed by atoms with Gasteiger partial charge in [-0.2, -0.15) is 4.72 Å². The Labute approximate surface area is 149 Å². The fourth-order valence-corrected chi connectivity index (χ4v) is 4.41. The van der Waals surface area contributed by atoms with Gasteiger partial charge in [-0.1, -0.05) is 44.2 Å². The number of Topliss-reactive ketones (excluding diaryl/α,β-unsaturated/α-hetero) is 1. The Morgan fingerprint density at radius 1 is 1.16 bits per heavy atom. The number of nitrogens with one attached hydrogen (secondary N) is 1. The Morgan fingerprint density at radius 3 is 2.28 bits per heavy atom. The van der Waals surface area contributed by atoms with Crippen molar-refractivity contribution < 1.29 is 22.7 Å². The molecule has 1 aliphatic rings. The predicted molar refractivity (Wildman–Crippen MR) is 93.8 cm³/mol. The number of carbonyl (C=O) groups is 2. The van der Waals surface area contributed by atoms with Gasteiger partial charge in [-0.05, 0) is 31.4 Å². The minimum absolute atomic E-state index is 0.0232. The van der Waals surface area contributed by atoms with Crippen LogP contribution in [0.4, 0.5) is 0 Å². The van der Waals surface area contributed by atoms with Gasteiger partial charge in [-0.15, -0.1) is 0 Å². The molecule has 1 unspecified atom stereocenters. The molecule has 25 heavy (non-hydrogen) atoms. The highest BCUT2D eigenvalue weighted by molar-refractivity contribution is 7.89. The normalized spacial score (nSPS) is 17.0. The minimum atomic E-state index is -3.87. The zero-order valence-electron chi connectivity index (χ0n) is 14.7. The second kappa shape index (κ2) is 8.58. The van der Waals surface area contributed by atoms with E-state index in [1.54, 1.807) is 0 Å². The molecule has 1 N–H and O–H groups in total. The van der Waals surface area contributed by atoms with Gasteiger partial charge in [0.25, 0.3) is 0 Å². The summed E-state index contributed by atoms with van der Waals surface area (Å²) in [5.74, 6) is -0.392. The minimum Gasteiger partial charge on any atom is -0.468 e. The van der Waals surface area contributed by atoms with Crippen molar-refractivity contribution in [2.75, 3.05) is 7.11 Å². The molecule has 0 radical (unpaired) electrons. The molecule has 0 aliphatic heterocycles. The maximum atomic E-state index is 12.6. The van der Waals surface area contributed by atoms with Crippen molar-refractivity contribution in [2.24, 2.45) is 5.92 Å². The molecule has 0 aromatic heterocycles. The van der Waals surface area contributed by atoms with E-state index < -0.39 is 22.0 Å². The second-order valence-corrected chi connectivity index (χ2v) is 8.23. The van der Waals surface area contributed by atoms with E-state index in [0.717, 1.165) is 25.7 Å². The molecule has 6 nitrogen and oxygen atoms in total. The fourth-order valence-electron chi connectivity index (χ4n) is 3.22. The number of methoxy groups -OCH3 is 1. The van der Waals surface area contributed by atoms with Crippen LogP contribution in [0, 0.1) is 5.92 Å². The van der Waals surface area contributed by atoms with Crippen LogP contribution in [0.25, 0.3) is 0 Å². The van der Waals surface area contributed by atoms with Crippen molar-refractivity contribution in [1.82, 2.24) is 4.72 Å². The van der Waals surface area contributed by atoms with E-state index >= 15 is 0 Å². The van der Waals surface area contributed by atoms with Gasteiger partial charge in [0.1, 0.15) is 6.04 Å². The molecule has 0 saturated heterocycles. The van der Waals surface area contributed by atoms with Gasteiger partial charge in [0.15, 0.2) is 5.78 Å². The first-order valence-electron chi connectivity index (χ1n) is 8.54. The maximum Gasteiger partial charge on any atom is 0.323 e. The third kappa shape index (κ3) is 5.37. The first kappa shape index (κ1) is 19.6. The Bertz CT molecular complexity index is 705. The van der Waals surface area contributed by atoms with Crippen molar-refractivity contribution in [3.63, 3.8) is 0 Å². The lowest BCUT2D eigenvalue weighted by atomic mass is 9.85. The number of sulfonamides is 1. The summed E-state index contributed by atoms with van der Waals surface area (Å²) in [6.07, 6.45) is 5.85. The third-order valence-electron chi connectivity index (χ3n) is 4.65. The summed E-state index contributed by atoms with van der Waals surface area (Å²) in [7, 11) is -2.61. The van der Waals surface area contributed by atoms with E-state index in [0.29, 0.717) is 17.9 Å². The largest absolute Gasteiger partial charge is 0.468 e. The van der Waals surface area contributed by atoms with Crippen molar-refractivity contribution >= 4 is 21.8 Å². The van der Waals surface area contributed by atoms with Crippen LogP contribution in [0.5, 0.6) is 0 Å². The van der Waals surface area contributed by atoms with Gasteiger partial charge in [-0.3, -0.25) is 9.59 Å². The zero-order valence-corrected chi connectivity index (χ0v) is 15.5. The smallest absolute Gasteiger partial charge is 0.323 e. The number of esters is 1. The average molecular weight is 367 g/mol.